The summed E-state index contributed by atoms with van der Waals surface area (Å²) in [6.45, 7) is 0.129. The molecule has 1 aliphatic heterocycles. The lowest BCUT2D eigenvalue weighted by molar-refractivity contribution is 0.173. The summed E-state index contributed by atoms with van der Waals surface area (Å²) in [5, 5.41) is 10.7. The van der Waals surface area contributed by atoms with Crippen LogP contribution >= 0.6 is 11.6 Å². The largest absolute Gasteiger partial charge is 0.454 e. The monoisotopic (exact) mass is 278 g/mol. The van der Waals surface area contributed by atoms with Crippen molar-refractivity contribution in [2.45, 2.75) is 6.10 Å². The highest BCUT2D eigenvalue weighted by Crippen LogP contribution is 2.42. The fourth-order valence-electron chi connectivity index (χ4n) is 1.99. The Morgan fingerprint density at radius 1 is 1.37 bits per heavy atom. The number of halogens is 1. The molecule has 0 radical (unpaired) electrons. The fraction of sp³-hybridized carbons (Fsp3) is 0.154. The highest BCUT2D eigenvalue weighted by molar-refractivity contribution is 6.32. The van der Waals surface area contributed by atoms with Gasteiger partial charge in [0.15, 0.2) is 11.5 Å². The van der Waals surface area contributed by atoms with E-state index in [0.717, 1.165) is 0 Å². The number of hydrogen-bond donors (Lipinski definition) is 2. The van der Waals surface area contributed by atoms with Crippen molar-refractivity contribution in [3.63, 3.8) is 0 Å². The third kappa shape index (κ3) is 2.07. The van der Waals surface area contributed by atoms with Crippen LogP contribution in [0.3, 0.4) is 0 Å². The predicted octanol–water partition coefficient (Wildman–Crippen LogP) is 2.13. The first kappa shape index (κ1) is 12.1. The zero-order valence-electron chi connectivity index (χ0n) is 9.84. The minimum atomic E-state index is -0.916. The zero-order chi connectivity index (χ0) is 13.4. The lowest BCUT2D eigenvalue weighted by atomic mass is 10.0. The maximum absolute atomic E-state index is 10.4. The van der Waals surface area contributed by atoms with Gasteiger partial charge in [-0.05, 0) is 23.8 Å². The standard InChI is InChI=1S/C13H11ClN2O3/c14-9-4-7(5-10-12(9)19-6-18-10)11(17)8-2-1-3-16-13(8)15/h1-5,11,17H,6H2,(H2,15,16). The SMILES string of the molecule is Nc1ncccc1C(O)c1cc(Cl)c2c(c1)OCO2. The van der Waals surface area contributed by atoms with Gasteiger partial charge in [-0.3, -0.25) is 0 Å². The van der Waals surface area contributed by atoms with Crippen molar-refractivity contribution in [2.75, 3.05) is 12.5 Å². The van der Waals surface area contributed by atoms with E-state index in [-0.39, 0.29) is 12.6 Å². The van der Waals surface area contributed by atoms with Gasteiger partial charge in [-0.2, -0.15) is 0 Å². The van der Waals surface area contributed by atoms with Gasteiger partial charge in [-0.1, -0.05) is 17.7 Å². The van der Waals surface area contributed by atoms with E-state index in [1.54, 1.807) is 30.5 Å². The van der Waals surface area contributed by atoms with Crippen molar-refractivity contribution in [1.29, 1.82) is 0 Å². The van der Waals surface area contributed by atoms with Gasteiger partial charge in [0.05, 0.1) is 5.02 Å². The third-order valence-electron chi connectivity index (χ3n) is 2.93. The van der Waals surface area contributed by atoms with Crippen molar-refractivity contribution in [2.24, 2.45) is 0 Å². The number of nitrogens with two attached hydrogens (primary N) is 1. The molecule has 0 saturated carbocycles. The number of pyridine rings is 1. The van der Waals surface area contributed by atoms with Crippen molar-refractivity contribution in [3.05, 3.63) is 46.6 Å². The second kappa shape index (κ2) is 4.60. The number of rotatable bonds is 2. The van der Waals surface area contributed by atoms with E-state index in [1.165, 1.54) is 0 Å². The Morgan fingerprint density at radius 2 is 2.21 bits per heavy atom. The van der Waals surface area contributed by atoms with Gasteiger partial charge in [-0.15, -0.1) is 0 Å². The molecule has 1 unspecified atom stereocenters. The van der Waals surface area contributed by atoms with Gasteiger partial charge in [0.25, 0.3) is 0 Å². The number of hydrogen-bond acceptors (Lipinski definition) is 5. The third-order valence-corrected chi connectivity index (χ3v) is 3.21. The van der Waals surface area contributed by atoms with Crippen LogP contribution in [0.25, 0.3) is 0 Å². The second-order valence-electron chi connectivity index (χ2n) is 4.12. The average molecular weight is 279 g/mol. The smallest absolute Gasteiger partial charge is 0.231 e. The number of ether oxygens (including phenoxy) is 2. The number of aromatic nitrogens is 1. The second-order valence-corrected chi connectivity index (χ2v) is 4.52. The van der Waals surface area contributed by atoms with E-state index >= 15 is 0 Å². The zero-order valence-corrected chi connectivity index (χ0v) is 10.6. The minimum Gasteiger partial charge on any atom is -0.454 e. The van der Waals surface area contributed by atoms with Crippen LogP contribution in [0.5, 0.6) is 11.5 Å². The predicted molar refractivity (Wildman–Crippen MR) is 70.3 cm³/mol. The molecule has 3 rings (SSSR count). The molecule has 0 amide bonds. The normalized spacial score (nSPS) is 14.4. The summed E-state index contributed by atoms with van der Waals surface area (Å²) in [6, 6.07) is 6.74. The van der Waals surface area contributed by atoms with Crippen molar-refractivity contribution < 1.29 is 14.6 Å². The quantitative estimate of drug-likeness (QED) is 0.880. The van der Waals surface area contributed by atoms with Crippen LogP contribution in [-0.4, -0.2) is 16.9 Å². The molecule has 19 heavy (non-hydrogen) atoms. The molecule has 6 heteroatoms. The summed E-state index contributed by atoms with van der Waals surface area (Å²) in [6.07, 6.45) is 0.652. The summed E-state index contributed by atoms with van der Waals surface area (Å²) < 4.78 is 10.5. The Balaban J connectivity index is 2.03. The number of benzene rings is 1. The van der Waals surface area contributed by atoms with Gasteiger partial charge < -0.3 is 20.3 Å². The molecule has 1 aromatic heterocycles. The molecule has 0 fully saturated rings. The molecule has 3 N–H and O–H groups in total. The van der Waals surface area contributed by atoms with E-state index in [4.69, 9.17) is 26.8 Å². The highest BCUT2D eigenvalue weighted by atomic mass is 35.5. The minimum absolute atomic E-state index is 0.129. The number of anilines is 1. The fourth-order valence-corrected chi connectivity index (χ4v) is 2.26. The van der Waals surface area contributed by atoms with E-state index in [0.29, 0.717) is 27.6 Å². The molecule has 0 aliphatic carbocycles. The van der Waals surface area contributed by atoms with Gasteiger partial charge in [0, 0.05) is 11.8 Å². The Morgan fingerprint density at radius 3 is 3.00 bits per heavy atom. The molecule has 2 aromatic rings. The lowest BCUT2D eigenvalue weighted by Gasteiger charge is -2.14. The first-order valence-electron chi connectivity index (χ1n) is 5.64. The number of aliphatic hydroxyl groups excluding tert-OH is 1. The van der Waals surface area contributed by atoms with Crippen molar-refractivity contribution >= 4 is 17.4 Å². The molecule has 98 valence electrons. The summed E-state index contributed by atoms with van der Waals surface area (Å²) in [5.41, 5.74) is 6.85. The van der Waals surface area contributed by atoms with Crippen LogP contribution < -0.4 is 15.2 Å². The van der Waals surface area contributed by atoms with Crippen LogP contribution in [0.1, 0.15) is 17.2 Å². The number of nitrogens with zero attached hydrogens (tertiary/aromatic N) is 1. The summed E-state index contributed by atoms with van der Waals surface area (Å²) in [7, 11) is 0. The van der Waals surface area contributed by atoms with E-state index in [1.807, 2.05) is 0 Å². The average Bonchev–Trinajstić information content (AvgIpc) is 2.87. The molecule has 1 aliphatic rings. The maximum Gasteiger partial charge on any atom is 0.231 e. The molecule has 2 heterocycles. The number of nitrogen functional groups attached to an aromatic ring is 1. The first-order chi connectivity index (χ1) is 9.16. The first-order valence-corrected chi connectivity index (χ1v) is 6.02. The van der Waals surface area contributed by atoms with E-state index < -0.39 is 6.10 Å². The number of fused-ring (bicyclic) bond motifs is 1. The lowest BCUT2D eigenvalue weighted by Crippen LogP contribution is -2.05. The van der Waals surface area contributed by atoms with E-state index in [2.05, 4.69) is 4.98 Å². The topological polar surface area (TPSA) is 77.6 Å². The molecule has 0 saturated heterocycles. The summed E-state index contributed by atoms with van der Waals surface area (Å²) in [5.74, 6) is 1.30. The van der Waals surface area contributed by atoms with Gasteiger partial charge in [-0.25, -0.2) is 4.98 Å². The number of aliphatic hydroxyl groups is 1. The van der Waals surface area contributed by atoms with Crippen molar-refractivity contribution in [1.82, 2.24) is 4.98 Å². The molecule has 0 bridgehead atoms. The molecular formula is C13H11ClN2O3. The highest BCUT2D eigenvalue weighted by Gasteiger charge is 2.22. The Kier molecular flexibility index (Phi) is 2.93. The van der Waals surface area contributed by atoms with Gasteiger partial charge in [0.2, 0.25) is 6.79 Å². The van der Waals surface area contributed by atoms with Crippen LogP contribution in [0.4, 0.5) is 5.82 Å². The van der Waals surface area contributed by atoms with Crippen LogP contribution in [0.2, 0.25) is 5.02 Å². The summed E-state index contributed by atoms with van der Waals surface area (Å²) in [4.78, 5) is 3.95. The molecule has 5 nitrogen and oxygen atoms in total. The maximum atomic E-state index is 10.4. The molecule has 1 aromatic carbocycles. The molecule has 0 spiro atoms. The van der Waals surface area contributed by atoms with Crippen molar-refractivity contribution in [3.8, 4) is 11.5 Å². The van der Waals surface area contributed by atoms with Gasteiger partial charge >= 0.3 is 0 Å². The Bertz CT molecular complexity index is 633. The molecular weight excluding hydrogens is 268 g/mol. The summed E-state index contributed by atoms with van der Waals surface area (Å²) >= 11 is 6.08. The van der Waals surface area contributed by atoms with Crippen LogP contribution in [0.15, 0.2) is 30.5 Å². The van der Waals surface area contributed by atoms with Crippen LogP contribution in [0, 0.1) is 0 Å². The van der Waals surface area contributed by atoms with E-state index in [9.17, 15) is 5.11 Å². The Labute approximate surface area is 114 Å². The van der Waals surface area contributed by atoms with Gasteiger partial charge in [0.1, 0.15) is 11.9 Å². The van der Waals surface area contributed by atoms with Crippen LogP contribution in [-0.2, 0) is 0 Å². The Hall–Kier alpha value is -1.98. The molecule has 1 atom stereocenters.